The number of esters is 1. The van der Waals surface area contributed by atoms with Crippen LogP contribution in [0.25, 0.3) is 11.2 Å². The van der Waals surface area contributed by atoms with Crippen LogP contribution in [0.4, 0.5) is 5.82 Å². The zero-order chi connectivity index (χ0) is 18.4. The van der Waals surface area contributed by atoms with E-state index in [2.05, 4.69) is 24.8 Å². The van der Waals surface area contributed by atoms with Crippen molar-refractivity contribution in [3.05, 3.63) is 12.7 Å². The summed E-state index contributed by atoms with van der Waals surface area (Å²) >= 11 is 0. The average Bonchev–Trinajstić information content (AvgIpc) is 3.42. The fraction of sp³-hybridized carbons (Fsp3) is 0.611. The van der Waals surface area contributed by atoms with Crippen LogP contribution in [-0.2, 0) is 14.3 Å². The molecule has 9 nitrogen and oxygen atoms in total. The predicted molar refractivity (Wildman–Crippen MR) is 95.9 cm³/mol. The normalized spacial score (nSPS) is 24.7. The van der Waals surface area contributed by atoms with E-state index in [1.165, 1.54) is 6.33 Å². The monoisotopic (exact) mass is 370 g/mol. The number of aromatic nitrogens is 4. The number of carbonyl (C=O) groups excluding carboxylic acids is 2. The maximum absolute atomic E-state index is 13.2. The molecule has 2 saturated heterocycles. The van der Waals surface area contributed by atoms with Gasteiger partial charge in [0, 0.05) is 26.2 Å². The molecule has 1 amide bonds. The van der Waals surface area contributed by atoms with Crippen molar-refractivity contribution in [3.8, 4) is 0 Å². The molecule has 9 heteroatoms. The van der Waals surface area contributed by atoms with Crippen LogP contribution in [0.1, 0.15) is 32.1 Å². The maximum Gasteiger partial charge on any atom is 0.307 e. The van der Waals surface area contributed by atoms with E-state index in [0.29, 0.717) is 31.8 Å². The van der Waals surface area contributed by atoms with E-state index < -0.39 is 5.60 Å². The molecule has 142 valence electrons. The van der Waals surface area contributed by atoms with Crippen LogP contribution in [-0.4, -0.2) is 68.5 Å². The molecule has 5 rings (SSSR count). The smallest absolute Gasteiger partial charge is 0.307 e. The van der Waals surface area contributed by atoms with E-state index in [0.717, 1.165) is 37.0 Å². The molecule has 1 spiro atoms. The minimum Gasteiger partial charge on any atom is -0.458 e. The van der Waals surface area contributed by atoms with Gasteiger partial charge in [-0.05, 0) is 25.7 Å². The van der Waals surface area contributed by atoms with Gasteiger partial charge in [-0.15, -0.1) is 0 Å². The Balaban J connectivity index is 1.30. The van der Waals surface area contributed by atoms with Crippen molar-refractivity contribution in [2.45, 2.75) is 37.7 Å². The number of nitrogens with one attached hydrogen (secondary N) is 1. The minimum atomic E-state index is -0.542. The summed E-state index contributed by atoms with van der Waals surface area (Å²) in [6.07, 6.45) is 7.03. The number of hydrogen-bond donors (Lipinski definition) is 1. The van der Waals surface area contributed by atoms with Crippen molar-refractivity contribution in [3.63, 3.8) is 0 Å². The highest BCUT2D eigenvalue weighted by molar-refractivity contribution is 5.88. The number of anilines is 1. The number of aromatic amines is 1. The fourth-order valence-electron chi connectivity index (χ4n) is 4.78. The molecule has 0 aromatic carbocycles. The zero-order valence-electron chi connectivity index (χ0n) is 15.1. The number of carbonyl (C=O) groups is 2. The largest absolute Gasteiger partial charge is 0.458 e. The SMILES string of the molecule is O=C1C[C@H](C(=O)N2CCN(c3ncnc4nc[nH]c34)CC2)C2(CCCC2)O1. The van der Waals surface area contributed by atoms with Gasteiger partial charge >= 0.3 is 5.97 Å². The first-order valence-electron chi connectivity index (χ1n) is 9.56. The Kier molecular flexibility index (Phi) is 3.76. The summed E-state index contributed by atoms with van der Waals surface area (Å²) in [6, 6.07) is 0. The molecule has 3 aliphatic rings. The van der Waals surface area contributed by atoms with Crippen molar-refractivity contribution >= 4 is 28.9 Å². The number of hydrogen-bond acceptors (Lipinski definition) is 7. The van der Waals surface area contributed by atoms with Crippen molar-refractivity contribution in [1.82, 2.24) is 24.8 Å². The first-order valence-corrected chi connectivity index (χ1v) is 9.56. The summed E-state index contributed by atoms with van der Waals surface area (Å²) in [4.78, 5) is 44.9. The van der Waals surface area contributed by atoms with Crippen LogP contribution in [0, 0.1) is 5.92 Å². The van der Waals surface area contributed by atoms with Gasteiger partial charge in [0.1, 0.15) is 17.4 Å². The molecule has 1 saturated carbocycles. The predicted octanol–water partition coefficient (Wildman–Crippen LogP) is 0.877. The van der Waals surface area contributed by atoms with Crippen LogP contribution >= 0.6 is 0 Å². The van der Waals surface area contributed by atoms with Crippen molar-refractivity contribution < 1.29 is 14.3 Å². The van der Waals surface area contributed by atoms with Crippen LogP contribution in [0.2, 0.25) is 0 Å². The molecular weight excluding hydrogens is 348 g/mol. The van der Waals surface area contributed by atoms with Gasteiger partial charge in [0.25, 0.3) is 0 Å². The first kappa shape index (κ1) is 16.5. The average molecular weight is 370 g/mol. The zero-order valence-corrected chi connectivity index (χ0v) is 15.1. The van der Waals surface area contributed by atoms with Gasteiger partial charge in [-0.2, -0.15) is 0 Å². The maximum atomic E-state index is 13.2. The van der Waals surface area contributed by atoms with E-state index in [9.17, 15) is 9.59 Å². The molecular formula is C18H22N6O3. The highest BCUT2D eigenvalue weighted by Crippen LogP contribution is 2.46. The van der Waals surface area contributed by atoms with Crippen LogP contribution in [0.5, 0.6) is 0 Å². The van der Waals surface area contributed by atoms with E-state index >= 15 is 0 Å². The van der Waals surface area contributed by atoms with Gasteiger partial charge < -0.3 is 19.5 Å². The number of piperazine rings is 1. The summed E-state index contributed by atoms with van der Waals surface area (Å²) in [6.45, 7) is 2.59. The van der Waals surface area contributed by atoms with Gasteiger partial charge in [-0.1, -0.05) is 0 Å². The Bertz CT molecular complexity index is 882. The topological polar surface area (TPSA) is 104 Å². The van der Waals surface area contributed by atoms with Crippen LogP contribution in [0.3, 0.4) is 0 Å². The lowest BCUT2D eigenvalue weighted by Crippen LogP contribution is -2.53. The molecule has 2 aliphatic heterocycles. The Morgan fingerprint density at radius 1 is 1.15 bits per heavy atom. The second-order valence-electron chi connectivity index (χ2n) is 7.61. The number of rotatable bonds is 2. The molecule has 1 aliphatic carbocycles. The number of amides is 1. The third kappa shape index (κ3) is 2.64. The Morgan fingerprint density at radius 3 is 2.70 bits per heavy atom. The lowest BCUT2D eigenvalue weighted by atomic mass is 9.84. The highest BCUT2D eigenvalue weighted by atomic mass is 16.6. The number of ether oxygens (including phenoxy) is 1. The molecule has 2 aromatic heterocycles. The third-order valence-corrected chi connectivity index (χ3v) is 6.16. The second-order valence-corrected chi connectivity index (χ2v) is 7.61. The second kappa shape index (κ2) is 6.17. The van der Waals surface area contributed by atoms with Gasteiger partial charge in [0.15, 0.2) is 11.5 Å². The summed E-state index contributed by atoms with van der Waals surface area (Å²) in [5.74, 6) is 0.335. The summed E-state index contributed by atoms with van der Waals surface area (Å²) in [7, 11) is 0. The van der Waals surface area contributed by atoms with Gasteiger partial charge in [-0.25, -0.2) is 15.0 Å². The quantitative estimate of drug-likeness (QED) is 0.783. The number of imidazole rings is 1. The Labute approximate surface area is 156 Å². The summed E-state index contributed by atoms with van der Waals surface area (Å²) in [5, 5.41) is 0. The summed E-state index contributed by atoms with van der Waals surface area (Å²) in [5.41, 5.74) is 0.917. The van der Waals surface area contributed by atoms with E-state index in [4.69, 9.17) is 4.74 Å². The van der Waals surface area contributed by atoms with E-state index in [-0.39, 0.29) is 24.2 Å². The molecule has 27 heavy (non-hydrogen) atoms. The molecule has 2 aromatic rings. The van der Waals surface area contributed by atoms with Crippen molar-refractivity contribution in [2.24, 2.45) is 5.92 Å². The van der Waals surface area contributed by atoms with Crippen molar-refractivity contribution in [2.75, 3.05) is 31.1 Å². The minimum absolute atomic E-state index is 0.0665. The molecule has 0 unspecified atom stereocenters. The third-order valence-electron chi connectivity index (χ3n) is 6.16. The van der Waals surface area contributed by atoms with Crippen molar-refractivity contribution in [1.29, 1.82) is 0 Å². The number of nitrogens with zero attached hydrogens (tertiary/aromatic N) is 5. The Morgan fingerprint density at radius 2 is 1.93 bits per heavy atom. The van der Waals surface area contributed by atoms with Gasteiger partial charge in [0.05, 0.1) is 18.7 Å². The fourth-order valence-corrected chi connectivity index (χ4v) is 4.78. The number of fused-ring (bicyclic) bond motifs is 1. The molecule has 1 N–H and O–H groups in total. The lowest BCUT2D eigenvalue weighted by Gasteiger charge is -2.38. The standard InChI is InChI=1S/C18H22N6O3/c25-13-9-12(18(27-13)3-1-2-4-18)17(26)24-7-5-23(6-8-24)16-14-15(20-10-19-14)21-11-22-16/h10-12H,1-9H2,(H,19,20,21,22)/t12-/m1/s1. The van der Waals surface area contributed by atoms with Crippen LogP contribution in [0.15, 0.2) is 12.7 Å². The summed E-state index contributed by atoms with van der Waals surface area (Å²) < 4.78 is 5.64. The van der Waals surface area contributed by atoms with Gasteiger partial charge in [0.2, 0.25) is 5.91 Å². The Hall–Kier alpha value is -2.71. The highest BCUT2D eigenvalue weighted by Gasteiger charge is 2.54. The molecule has 3 fully saturated rings. The molecule has 1 atom stereocenters. The lowest BCUT2D eigenvalue weighted by molar-refractivity contribution is -0.151. The van der Waals surface area contributed by atoms with Crippen LogP contribution < -0.4 is 4.90 Å². The molecule has 4 heterocycles. The van der Waals surface area contributed by atoms with Gasteiger partial charge in [-0.3, -0.25) is 9.59 Å². The van der Waals surface area contributed by atoms with E-state index in [1.54, 1.807) is 6.33 Å². The molecule has 0 radical (unpaired) electrons. The van der Waals surface area contributed by atoms with E-state index in [1.807, 2.05) is 4.90 Å². The molecule has 0 bridgehead atoms. The first-order chi connectivity index (χ1) is 13.2. The number of H-pyrrole nitrogens is 1.